The highest BCUT2D eigenvalue weighted by molar-refractivity contribution is 5.67. The van der Waals surface area contributed by atoms with Gasteiger partial charge in [-0.3, -0.25) is 0 Å². The highest BCUT2D eigenvalue weighted by atomic mass is 14.8. The fraction of sp³-hybridized carbons (Fsp3) is 0.400. The van der Waals surface area contributed by atoms with Crippen LogP contribution in [-0.4, -0.2) is 6.54 Å². The molecule has 1 unspecified atom stereocenters. The molecule has 1 nitrogen and oxygen atoms in total. The molecule has 2 aromatic carbocycles. The number of hydrogen-bond acceptors (Lipinski definition) is 1. The largest absolute Gasteiger partial charge is 0.313 e. The second kappa shape index (κ2) is 7.99. The van der Waals surface area contributed by atoms with E-state index in [1.165, 1.54) is 35.1 Å². The Morgan fingerprint density at radius 3 is 2.33 bits per heavy atom. The van der Waals surface area contributed by atoms with E-state index < -0.39 is 0 Å². The van der Waals surface area contributed by atoms with Crippen molar-refractivity contribution in [2.24, 2.45) is 0 Å². The molecule has 0 radical (unpaired) electrons. The minimum Gasteiger partial charge on any atom is -0.313 e. The maximum atomic E-state index is 3.50. The van der Waals surface area contributed by atoms with E-state index in [2.05, 4.69) is 74.6 Å². The SMILES string of the molecule is CCCNCc1ccccc1-c1ccc(C(C)CC)cc1. The molecular formula is C20H27N. The molecule has 0 aliphatic heterocycles. The first-order valence-corrected chi connectivity index (χ1v) is 8.15. The Morgan fingerprint density at radius 1 is 0.952 bits per heavy atom. The van der Waals surface area contributed by atoms with Crippen molar-refractivity contribution in [2.45, 2.75) is 46.1 Å². The molecule has 0 heterocycles. The topological polar surface area (TPSA) is 12.0 Å². The van der Waals surface area contributed by atoms with Gasteiger partial charge in [-0.1, -0.05) is 69.3 Å². The van der Waals surface area contributed by atoms with Gasteiger partial charge in [-0.2, -0.15) is 0 Å². The quantitative estimate of drug-likeness (QED) is 0.673. The van der Waals surface area contributed by atoms with Crippen LogP contribution in [0.5, 0.6) is 0 Å². The van der Waals surface area contributed by atoms with Crippen molar-refractivity contribution in [3.63, 3.8) is 0 Å². The third-order valence-electron chi connectivity index (χ3n) is 4.16. The Hall–Kier alpha value is -1.60. The number of hydrogen-bond donors (Lipinski definition) is 1. The molecule has 21 heavy (non-hydrogen) atoms. The molecule has 0 saturated heterocycles. The second-order valence-corrected chi connectivity index (χ2v) is 5.77. The van der Waals surface area contributed by atoms with Crippen molar-refractivity contribution >= 4 is 0 Å². The maximum absolute atomic E-state index is 3.50. The minimum absolute atomic E-state index is 0.639. The van der Waals surface area contributed by atoms with Gasteiger partial charge in [-0.05, 0) is 47.6 Å². The first-order valence-electron chi connectivity index (χ1n) is 8.15. The van der Waals surface area contributed by atoms with Crippen LogP contribution < -0.4 is 5.32 Å². The molecule has 0 fully saturated rings. The molecule has 0 aliphatic carbocycles. The lowest BCUT2D eigenvalue weighted by atomic mass is 9.94. The lowest BCUT2D eigenvalue weighted by Gasteiger charge is -2.13. The zero-order chi connectivity index (χ0) is 15.1. The van der Waals surface area contributed by atoms with E-state index in [9.17, 15) is 0 Å². The second-order valence-electron chi connectivity index (χ2n) is 5.77. The molecule has 0 aliphatic rings. The highest BCUT2D eigenvalue weighted by Crippen LogP contribution is 2.26. The maximum Gasteiger partial charge on any atom is 0.0211 e. The van der Waals surface area contributed by atoms with Gasteiger partial charge in [-0.25, -0.2) is 0 Å². The monoisotopic (exact) mass is 281 g/mol. The van der Waals surface area contributed by atoms with Crippen molar-refractivity contribution < 1.29 is 0 Å². The third kappa shape index (κ3) is 4.18. The smallest absolute Gasteiger partial charge is 0.0211 e. The number of nitrogens with one attached hydrogen (secondary N) is 1. The van der Waals surface area contributed by atoms with Gasteiger partial charge in [0, 0.05) is 6.54 Å². The normalized spacial score (nSPS) is 12.3. The van der Waals surface area contributed by atoms with E-state index in [1.807, 2.05) is 0 Å². The first-order chi connectivity index (χ1) is 10.3. The molecule has 1 atom stereocenters. The molecule has 0 bridgehead atoms. The number of rotatable bonds is 7. The first kappa shape index (κ1) is 15.8. The van der Waals surface area contributed by atoms with Crippen molar-refractivity contribution in [1.29, 1.82) is 0 Å². The van der Waals surface area contributed by atoms with Gasteiger partial charge >= 0.3 is 0 Å². The number of benzene rings is 2. The van der Waals surface area contributed by atoms with Crippen LogP contribution in [0.4, 0.5) is 0 Å². The van der Waals surface area contributed by atoms with Gasteiger partial charge in [0.05, 0.1) is 0 Å². The molecule has 1 heteroatoms. The summed E-state index contributed by atoms with van der Waals surface area (Å²) < 4.78 is 0. The Bertz CT molecular complexity index is 542. The van der Waals surface area contributed by atoms with Crippen LogP contribution in [0.15, 0.2) is 48.5 Å². The summed E-state index contributed by atoms with van der Waals surface area (Å²) in [5, 5.41) is 3.50. The van der Waals surface area contributed by atoms with Crippen LogP contribution in [0.1, 0.15) is 50.7 Å². The Kier molecular flexibility index (Phi) is 6.01. The molecule has 0 amide bonds. The Labute approximate surface area is 129 Å². The third-order valence-corrected chi connectivity index (χ3v) is 4.16. The standard InChI is InChI=1S/C20H27N/c1-4-14-21-15-19-8-6-7-9-20(19)18-12-10-17(11-13-18)16(3)5-2/h6-13,16,21H,4-5,14-15H2,1-3H3. The van der Waals surface area contributed by atoms with E-state index in [4.69, 9.17) is 0 Å². The molecule has 0 saturated carbocycles. The summed E-state index contributed by atoms with van der Waals surface area (Å²) in [5.74, 6) is 0.639. The van der Waals surface area contributed by atoms with Gasteiger partial charge in [-0.15, -0.1) is 0 Å². The fourth-order valence-corrected chi connectivity index (χ4v) is 2.58. The molecule has 1 N–H and O–H groups in total. The predicted molar refractivity (Wildman–Crippen MR) is 92.6 cm³/mol. The van der Waals surface area contributed by atoms with Gasteiger partial charge in [0.25, 0.3) is 0 Å². The summed E-state index contributed by atoms with van der Waals surface area (Å²) in [5.41, 5.74) is 5.47. The zero-order valence-corrected chi connectivity index (χ0v) is 13.5. The molecule has 112 valence electrons. The summed E-state index contributed by atoms with van der Waals surface area (Å²) >= 11 is 0. The average molecular weight is 281 g/mol. The highest BCUT2D eigenvalue weighted by Gasteiger charge is 2.06. The lowest BCUT2D eigenvalue weighted by molar-refractivity contribution is 0.676. The molecule has 2 aromatic rings. The average Bonchev–Trinajstić information content (AvgIpc) is 2.55. The summed E-state index contributed by atoms with van der Waals surface area (Å²) in [6.07, 6.45) is 2.36. The fourth-order valence-electron chi connectivity index (χ4n) is 2.58. The van der Waals surface area contributed by atoms with E-state index in [-0.39, 0.29) is 0 Å². The van der Waals surface area contributed by atoms with Crippen molar-refractivity contribution in [3.8, 4) is 11.1 Å². The van der Waals surface area contributed by atoms with Crippen molar-refractivity contribution in [1.82, 2.24) is 5.32 Å². The lowest BCUT2D eigenvalue weighted by Crippen LogP contribution is -2.14. The molecule has 0 spiro atoms. The van der Waals surface area contributed by atoms with Crippen LogP contribution in [0.2, 0.25) is 0 Å². The minimum atomic E-state index is 0.639. The van der Waals surface area contributed by atoms with E-state index in [0.717, 1.165) is 13.1 Å². The predicted octanol–water partition coefficient (Wildman–Crippen LogP) is 5.37. The van der Waals surface area contributed by atoms with Crippen molar-refractivity contribution in [3.05, 3.63) is 59.7 Å². The molecule has 0 aromatic heterocycles. The van der Waals surface area contributed by atoms with Crippen LogP contribution in [0.25, 0.3) is 11.1 Å². The van der Waals surface area contributed by atoms with Gasteiger partial charge in [0.15, 0.2) is 0 Å². The van der Waals surface area contributed by atoms with Crippen LogP contribution >= 0.6 is 0 Å². The Morgan fingerprint density at radius 2 is 1.67 bits per heavy atom. The summed E-state index contributed by atoms with van der Waals surface area (Å²) in [6, 6.07) is 17.8. The summed E-state index contributed by atoms with van der Waals surface area (Å²) in [4.78, 5) is 0. The van der Waals surface area contributed by atoms with E-state index >= 15 is 0 Å². The van der Waals surface area contributed by atoms with E-state index in [1.54, 1.807) is 0 Å². The summed E-state index contributed by atoms with van der Waals surface area (Å²) in [6.45, 7) is 8.75. The van der Waals surface area contributed by atoms with Crippen LogP contribution in [0, 0.1) is 0 Å². The van der Waals surface area contributed by atoms with Gasteiger partial charge in [0.2, 0.25) is 0 Å². The van der Waals surface area contributed by atoms with Gasteiger partial charge in [0.1, 0.15) is 0 Å². The van der Waals surface area contributed by atoms with Crippen LogP contribution in [-0.2, 0) is 6.54 Å². The van der Waals surface area contributed by atoms with Crippen molar-refractivity contribution in [2.75, 3.05) is 6.54 Å². The Balaban J connectivity index is 2.21. The molecule has 2 rings (SSSR count). The van der Waals surface area contributed by atoms with Crippen LogP contribution in [0.3, 0.4) is 0 Å². The van der Waals surface area contributed by atoms with E-state index in [0.29, 0.717) is 5.92 Å². The van der Waals surface area contributed by atoms with Gasteiger partial charge < -0.3 is 5.32 Å². The molecular weight excluding hydrogens is 254 g/mol. The summed E-state index contributed by atoms with van der Waals surface area (Å²) in [7, 11) is 0. The zero-order valence-electron chi connectivity index (χ0n) is 13.5.